The van der Waals surface area contributed by atoms with E-state index >= 15 is 0 Å². The Hall–Kier alpha value is -3.71. The third-order valence-corrected chi connectivity index (χ3v) is 6.00. The number of hydrogen-bond donors (Lipinski definition) is 2. The summed E-state index contributed by atoms with van der Waals surface area (Å²) >= 11 is 0. The standard InChI is InChI=1S/C20H18F2N4O6S/c1-11-13-6-7-15(31-19-24-8-9-30-19)17(22)18(13)32-20(27)26(11)10-12-4-3-5-14(16(12)21)25-33(28,29)23-2/h3-9,11,23,25H,10H2,1-2H3/t11-/m1/s1. The second kappa shape index (κ2) is 8.67. The molecule has 2 heterocycles. The molecular formula is C20H18F2N4O6S. The fraction of sp³-hybridized carbons (Fsp3) is 0.200. The molecule has 1 aliphatic rings. The highest BCUT2D eigenvalue weighted by Crippen LogP contribution is 2.41. The lowest BCUT2D eigenvalue weighted by Crippen LogP contribution is -2.39. The van der Waals surface area contributed by atoms with Gasteiger partial charge in [-0.05, 0) is 25.1 Å². The molecule has 174 valence electrons. The van der Waals surface area contributed by atoms with Gasteiger partial charge in [-0.25, -0.2) is 13.9 Å². The van der Waals surface area contributed by atoms with E-state index in [1.807, 2.05) is 4.72 Å². The van der Waals surface area contributed by atoms with Crippen molar-refractivity contribution in [1.82, 2.24) is 14.6 Å². The third kappa shape index (κ3) is 4.45. The van der Waals surface area contributed by atoms with Gasteiger partial charge in [0.2, 0.25) is 5.82 Å². The minimum atomic E-state index is -3.94. The van der Waals surface area contributed by atoms with Crippen molar-refractivity contribution < 1.29 is 35.9 Å². The number of oxazole rings is 1. The van der Waals surface area contributed by atoms with Crippen LogP contribution in [0.1, 0.15) is 24.1 Å². The molecule has 13 heteroatoms. The summed E-state index contributed by atoms with van der Waals surface area (Å²) in [4.78, 5) is 17.6. The van der Waals surface area contributed by atoms with Gasteiger partial charge in [0, 0.05) is 18.2 Å². The number of anilines is 1. The molecule has 1 atom stereocenters. The zero-order valence-corrected chi connectivity index (χ0v) is 18.2. The van der Waals surface area contributed by atoms with Crippen molar-refractivity contribution >= 4 is 22.0 Å². The van der Waals surface area contributed by atoms with Crippen molar-refractivity contribution in [3.8, 4) is 17.6 Å². The average molecular weight is 480 g/mol. The number of carbonyl (C=O) groups excluding carboxylic acids is 1. The van der Waals surface area contributed by atoms with Crippen LogP contribution in [0.4, 0.5) is 19.3 Å². The van der Waals surface area contributed by atoms with Gasteiger partial charge in [0.1, 0.15) is 6.26 Å². The SMILES string of the molecule is CNS(=O)(=O)Nc1cccc(CN2C(=O)Oc3c(ccc(Oc4ncco4)c3F)[C@H]2C)c1F. The molecule has 10 nitrogen and oxygen atoms in total. The van der Waals surface area contributed by atoms with Crippen LogP contribution in [0.5, 0.6) is 17.6 Å². The van der Waals surface area contributed by atoms with Gasteiger partial charge in [-0.2, -0.15) is 17.8 Å². The van der Waals surface area contributed by atoms with Crippen LogP contribution in [0.25, 0.3) is 0 Å². The fourth-order valence-corrected chi connectivity index (χ4v) is 3.80. The lowest BCUT2D eigenvalue weighted by atomic mass is 10.0. The first-order valence-corrected chi connectivity index (χ1v) is 11.1. The Bertz CT molecular complexity index is 1300. The number of nitrogens with zero attached hydrogens (tertiary/aromatic N) is 2. The molecule has 0 radical (unpaired) electrons. The van der Waals surface area contributed by atoms with E-state index < -0.39 is 34.0 Å². The molecule has 0 fully saturated rings. The zero-order valence-electron chi connectivity index (χ0n) is 17.3. The summed E-state index contributed by atoms with van der Waals surface area (Å²) in [6.45, 7) is 1.37. The summed E-state index contributed by atoms with van der Waals surface area (Å²) < 4.78 is 72.6. The van der Waals surface area contributed by atoms with Crippen LogP contribution in [0, 0.1) is 11.6 Å². The highest BCUT2D eigenvalue weighted by Gasteiger charge is 2.35. The van der Waals surface area contributed by atoms with Gasteiger partial charge in [-0.1, -0.05) is 12.1 Å². The Balaban J connectivity index is 1.60. The molecule has 0 bridgehead atoms. The van der Waals surface area contributed by atoms with E-state index in [4.69, 9.17) is 13.9 Å². The van der Waals surface area contributed by atoms with Crippen molar-refractivity contribution in [2.45, 2.75) is 19.5 Å². The summed E-state index contributed by atoms with van der Waals surface area (Å²) in [6.07, 6.45) is 1.48. The van der Waals surface area contributed by atoms with Crippen LogP contribution >= 0.6 is 0 Å². The summed E-state index contributed by atoms with van der Waals surface area (Å²) in [7, 11) is -2.77. The van der Waals surface area contributed by atoms with Gasteiger partial charge in [0.25, 0.3) is 10.2 Å². The van der Waals surface area contributed by atoms with E-state index in [1.165, 1.54) is 54.7 Å². The van der Waals surface area contributed by atoms with Crippen LogP contribution in [-0.4, -0.2) is 31.4 Å². The van der Waals surface area contributed by atoms with E-state index in [1.54, 1.807) is 6.92 Å². The molecule has 3 aromatic rings. The minimum Gasteiger partial charge on any atom is -0.417 e. The number of benzene rings is 2. The van der Waals surface area contributed by atoms with E-state index in [0.29, 0.717) is 5.56 Å². The van der Waals surface area contributed by atoms with Crippen molar-refractivity contribution in [3.63, 3.8) is 0 Å². The minimum absolute atomic E-state index is 0.0304. The number of halogens is 2. The average Bonchev–Trinajstić information content (AvgIpc) is 3.29. The molecule has 4 rings (SSSR count). The first kappa shape index (κ1) is 22.5. The van der Waals surface area contributed by atoms with Crippen LogP contribution in [0.2, 0.25) is 0 Å². The molecule has 1 aromatic heterocycles. The second-order valence-electron chi connectivity index (χ2n) is 6.96. The summed E-state index contributed by atoms with van der Waals surface area (Å²) in [5.41, 5.74) is 0.0711. The molecule has 0 spiro atoms. The van der Waals surface area contributed by atoms with Gasteiger partial charge < -0.3 is 13.9 Å². The van der Waals surface area contributed by atoms with E-state index in [-0.39, 0.29) is 35.4 Å². The van der Waals surface area contributed by atoms with Gasteiger partial charge in [-0.15, -0.1) is 0 Å². The van der Waals surface area contributed by atoms with Crippen molar-refractivity contribution in [2.24, 2.45) is 0 Å². The predicted molar refractivity (Wildman–Crippen MR) is 111 cm³/mol. The smallest absolute Gasteiger partial charge is 0.416 e. The van der Waals surface area contributed by atoms with Gasteiger partial charge >= 0.3 is 12.2 Å². The third-order valence-electron chi connectivity index (χ3n) is 4.97. The maximum Gasteiger partial charge on any atom is 0.416 e. The van der Waals surface area contributed by atoms with Crippen LogP contribution < -0.4 is 18.9 Å². The van der Waals surface area contributed by atoms with Gasteiger partial charge in [0.05, 0.1) is 24.5 Å². The second-order valence-corrected chi connectivity index (χ2v) is 8.58. The Morgan fingerprint density at radius 1 is 1.21 bits per heavy atom. The van der Waals surface area contributed by atoms with Crippen molar-refractivity contribution in [2.75, 3.05) is 11.8 Å². The highest BCUT2D eigenvalue weighted by atomic mass is 32.2. The predicted octanol–water partition coefficient (Wildman–Crippen LogP) is 3.70. The normalized spacial score (nSPS) is 15.7. The molecule has 0 aliphatic carbocycles. The first-order valence-electron chi connectivity index (χ1n) is 9.57. The number of hydrogen-bond acceptors (Lipinski definition) is 7. The number of nitrogens with one attached hydrogen (secondary N) is 2. The van der Waals surface area contributed by atoms with Gasteiger partial charge in [0.15, 0.2) is 17.3 Å². The Kier molecular flexibility index (Phi) is 5.91. The lowest BCUT2D eigenvalue weighted by molar-refractivity contribution is 0.114. The van der Waals surface area contributed by atoms with E-state index in [0.717, 1.165) is 0 Å². The number of ether oxygens (including phenoxy) is 2. The Morgan fingerprint density at radius 3 is 2.70 bits per heavy atom. The maximum atomic E-state index is 14.9. The highest BCUT2D eigenvalue weighted by molar-refractivity contribution is 7.90. The quantitative estimate of drug-likeness (QED) is 0.529. The Morgan fingerprint density at radius 2 is 2.00 bits per heavy atom. The largest absolute Gasteiger partial charge is 0.417 e. The number of carbonyl (C=O) groups is 1. The molecule has 1 amide bonds. The number of aromatic nitrogens is 1. The summed E-state index contributed by atoms with van der Waals surface area (Å²) in [5, 5.41) is 0. The monoisotopic (exact) mass is 480 g/mol. The summed E-state index contributed by atoms with van der Waals surface area (Å²) in [6, 6.07) is 6.23. The Labute approximate surface area is 187 Å². The van der Waals surface area contributed by atoms with Crippen molar-refractivity contribution in [3.05, 3.63) is 65.6 Å². The molecule has 0 unspecified atom stereocenters. The lowest BCUT2D eigenvalue weighted by Gasteiger charge is -2.34. The molecule has 2 aromatic carbocycles. The fourth-order valence-electron chi connectivity index (χ4n) is 3.25. The molecule has 33 heavy (non-hydrogen) atoms. The molecule has 0 saturated carbocycles. The van der Waals surface area contributed by atoms with Crippen LogP contribution in [-0.2, 0) is 16.8 Å². The number of rotatable bonds is 7. The number of amides is 1. The summed E-state index contributed by atoms with van der Waals surface area (Å²) in [5.74, 6) is -2.34. The maximum absolute atomic E-state index is 14.9. The van der Waals surface area contributed by atoms with E-state index in [2.05, 4.69) is 9.71 Å². The number of fused-ring (bicyclic) bond motifs is 1. The first-order chi connectivity index (χ1) is 15.7. The zero-order chi connectivity index (χ0) is 23.8. The molecular weight excluding hydrogens is 462 g/mol. The molecule has 2 N–H and O–H groups in total. The van der Waals surface area contributed by atoms with E-state index in [9.17, 15) is 22.0 Å². The van der Waals surface area contributed by atoms with Crippen molar-refractivity contribution in [1.29, 1.82) is 0 Å². The topological polar surface area (TPSA) is 123 Å². The van der Waals surface area contributed by atoms with Crippen LogP contribution in [0.3, 0.4) is 0 Å². The van der Waals surface area contributed by atoms with Gasteiger partial charge in [-0.3, -0.25) is 9.62 Å². The van der Waals surface area contributed by atoms with Crippen LogP contribution in [0.15, 0.2) is 47.2 Å². The molecule has 1 aliphatic heterocycles. The molecule has 0 saturated heterocycles.